The minimum atomic E-state index is -0.907. The fraction of sp³-hybridized carbons (Fsp3) is 0.600. The summed E-state index contributed by atoms with van der Waals surface area (Å²) < 4.78 is 5.04. The first-order valence-corrected chi connectivity index (χ1v) is 4.71. The van der Waals surface area contributed by atoms with Crippen LogP contribution in [0.25, 0.3) is 0 Å². The second-order valence-corrected chi connectivity index (χ2v) is 3.85. The number of rotatable bonds is 1. The summed E-state index contributed by atoms with van der Waals surface area (Å²) in [6.07, 6.45) is 3.97. The number of carboxylic acids is 1. The van der Waals surface area contributed by atoms with Gasteiger partial charge in [-0.25, -0.2) is 0 Å². The van der Waals surface area contributed by atoms with Gasteiger partial charge in [-0.1, -0.05) is 12.2 Å². The second kappa shape index (κ2) is 3.12. The number of ether oxygens (including phenoxy) is 1. The van der Waals surface area contributed by atoms with Gasteiger partial charge in [0.05, 0.1) is 11.8 Å². The predicted molar refractivity (Wildman–Crippen MR) is 47.4 cm³/mol. The third-order valence-electron chi connectivity index (χ3n) is 3.03. The number of carboxylic acid groups (broad SMARTS) is 1. The lowest BCUT2D eigenvalue weighted by Gasteiger charge is -2.23. The van der Waals surface area contributed by atoms with Crippen LogP contribution in [0.1, 0.15) is 13.3 Å². The van der Waals surface area contributed by atoms with Crippen LogP contribution >= 0.6 is 0 Å². The smallest absolute Gasteiger partial charge is 0.310 e. The lowest BCUT2D eigenvalue weighted by molar-refractivity contribution is -0.152. The molecule has 2 rings (SSSR count). The van der Waals surface area contributed by atoms with Gasteiger partial charge in [-0.3, -0.25) is 9.59 Å². The summed E-state index contributed by atoms with van der Waals surface area (Å²) in [6.45, 7) is 1.80. The lowest BCUT2D eigenvalue weighted by Crippen LogP contribution is -2.33. The molecule has 1 fully saturated rings. The van der Waals surface area contributed by atoms with Crippen molar-refractivity contribution in [2.24, 2.45) is 17.8 Å². The first-order chi connectivity index (χ1) is 6.61. The van der Waals surface area contributed by atoms with Gasteiger partial charge in [0.2, 0.25) is 0 Å². The molecule has 0 aromatic rings. The summed E-state index contributed by atoms with van der Waals surface area (Å²) in [4.78, 5) is 22.3. The third-order valence-corrected chi connectivity index (χ3v) is 3.03. The molecule has 1 aliphatic carbocycles. The Morgan fingerprint density at radius 1 is 1.64 bits per heavy atom. The number of fused-ring (bicyclic) bond motifs is 1. The maximum Gasteiger partial charge on any atom is 0.310 e. The number of carbonyl (C=O) groups excluding carboxylic acids is 1. The maximum atomic E-state index is 11.4. The molecule has 0 aromatic carbocycles. The van der Waals surface area contributed by atoms with Gasteiger partial charge in [0, 0.05) is 5.92 Å². The average Bonchev–Trinajstić information content (AvgIpc) is 2.43. The van der Waals surface area contributed by atoms with Crippen LogP contribution in [0.3, 0.4) is 0 Å². The summed E-state index contributed by atoms with van der Waals surface area (Å²) in [5.41, 5.74) is 0. The Bertz CT molecular complexity index is 307. The van der Waals surface area contributed by atoms with Gasteiger partial charge in [-0.05, 0) is 13.3 Å². The summed E-state index contributed by atoms with van der Waals surface area (Å²) in [5.74, 6) is -2.41. The summed E-state index contributed by atoms with van der Waals surface area (Å²) in [6, 6.07) is 0. The zero-order chi connectivity index (χ0) is 10.3. The summed E-state index contributed by atoms with van der Waals surface area (Å²) in [7, 11) is 0. The Morgan fingerprint density at radius 2 is 2.36 bits per heavy atom. The van der Waals surface area contributed by atoms with Gasteiger partial charge in [0.15, 0.2) is 0 Å². The minimum Gasteiger partial charge on any atom is -0.481 e. The van der Waals surface area contributed by atoms with Crippen molar-refractivity contribution in [1.82, 2.24) is 0 Å². The van der Waals surface area contributed by atoms with E-state index in [0.29, 0.717) is 6.42 Å². The molecule has 0 aromatic heterocycles. The summed E-state index contributed by atoms with van der Waals surface area (Å²) >= 11 is 0. The lowest BCUT2D eigenvalue weighted by atomic mass is 9.75. The Morgan fingerprint density at radius 3 is 3.00 bits per heavy atom. The maximum absolute atomic E-state index is 11.4. The number of hydrogen-bond acceptors (Lipinski definition) is 3. The van der Waals surface area contributed by atoms with Crippen molar-refractivity contribution in [3.63, 3.8) is 0 Å². The molecule has 1 heterocycles. The van der Waals surface area contributed by atoms with Crippen molar-refractivity contribution in [2.45, 2.75) is 19.4 Å². The fourth-order valence-electron chi connectivity index (χ4n) is 2.28. The molecule has 4 heteroatoms. The van der Waals surface area contributed by atoms with Crippen LogP contribution in [0, 0.1) is 17.8 Å². The van der Waals surface area contributed by atoms with Gasteiger partial charge in [-0.2, -0.15) is 0 Å². The Balaban J connectivity index is 2.30. The molecule has 0 spiro atoms. The van der Waals surface area contributed by atoms with Crippen molar-refractivity contribution >= 4 is 11.9 Å². The minimum absolute atomic E-state index is 0.0580. The van der Waals surface area contributed by atoms with E-state index in [1.54, 1.807) is 6.92 Å². The topological polar surface area (TPSA) is 63.6 Å². The average molecular weight is 196 g/mol. The monoisotopic (exact) mass is 196 g/mol. The van der Waals surface area contributed by atoms with Gasteiger partial charge in [0.1, 0.15) is 6.10 Å². The highest BCUT2D eigenvalue weighted by Gasteiger charge is 2.49. The molecule has 0 unspecified atom stereocenters. The molecule has 4 nitrogen and oxygen atoms in total. The van der Waals surface area contributed by atoms with E-state index in [1.165, 1.54) is 0 Å². The van der Waals surface area contributed by atoms with Crippen molar-refractivity contribution in [1.29, 1.82) is 0 Å². The van der Waals surface area contributed by atoms with Crippen LogP contribution in [0.5, 0.6) is 0 Å². The molecule has 4 atom stereocenters. The van der Waals surface area contributed by atoms with Crippen LogP contribution in [0.2, 0.25) is 0 Å². The Labute approximate surface area is 81.6 Å². The highest BCUT2D eigenvalue weighted by atomic mass is 16.6. The molecule has 1 aliphatic heterocycles. The van der Waals surface area contributed by atoms with E-state index in [4.69, 9.17) is 9.84 Å². The number of esters is 1. The van der Waals surface area contributed by atoms with Crippen LogP contribution in [0.15, 0.2) is 12.2 Å². The van der Waals surface area contributed by atoms with Gasteiger partial charge >= 0.3 is 11.9 Å². The highest BCUT2D eigenvalue weighted by molar-refractivity contribution is 5.83. The molecular formula is C10H12O4. The molecule has 1 N–H and O–H groups in total. The number of aliphatic carboxylic acids is 1. The van der Waals surface area contributed by atoms with Crippen LogP contribution < -0.4 is 0 Å². The molecule has 2 aliphatic rings. The van der Waals surface area contributed by atoms with Gasteiger partial charge in [0.25, 0.3) is 0 Å². The first-order valence-electron chi connectivity index (χ1n) is 4.71. The first kappa shape index (κ1) is 9.24. The van der Waals surface area contributed by atoms with Crippen molar-refractivity contribution in [3.05, 3.63) is 12.2 Å². The largest absolute Gasteiger partial charge is 0.481 e. The van der Waals surface area contributed by atoms with E-state index < -0.39 is 17.8 Å². The van der Waals surface area contributed by atoms with Crippen LogP contribution in [-0.2, 0) is 14.3 Å². The van der Waals surface area contributed by atoms with E-state index >= 15 is 0 Å². The number of carbonyl (C=O) groups is 2. The van der Waals surface area contributed by atoms with E-state index in [-0.39, 0.29) is 18.0 Å². The van der Waals surface area contributed by atoms with Crippen molar-refractivity contribution in [3.8, 4) is 0 Å². The van der Waals surface area contributed by atoms with Crippen LogP contribution in [-0.4, -0.2) is 23.1 Å². The molecule has 0 saturated carbocycles. The van der Waals surface area contributed by atoms with E-state index in [9.17, 15) is 9.59 Å². The van der Waals surface area contributed by atoms with E-state index in [2.05, 4.69) is 0 Å². The second-order valence-electron chi connectivity index (χ2n) is 3.85. The third kappa shape index (κ3) is 1.22. The van der Waals surface area contributed by atoms with Gasteiger partial charge < -0.3 is 9.84 Å². The molecule has 0 bridgehead atoms. The number of allylic oxidation sites excluding steroid dienone is 1. The zero-order valence-electron chi connectivity index (χ0n) is 7.84. The van der Waals surface area contributed by atoms with E-state index in [0.717, 1.165) is 0 Å². The molecule has 0 amide bonds. The van der Waals surface area contributed by atoms with E-state index in [1.807, 2.05) is 12.2 Å². The van der Waals surface area contributed by atoms with Crippen molar-refractivity contribution in [2.75, 3.05) is 0 Å². The Kier molecular flexibility index (Phi) is 2.06. The van der Waals surface area contributed by atoms with Gasteiger partial charge in [-0.15, -0.1) is 0 Å². The zero-order valence-corrected chi connectivity index (χ0v) is 7.84. The number of hydrogen-bond donors (Lipinski definition) is 1. The van der Waals surface area contributed by atoms with Crippen molar-refractivity contribution < 1.29 is 19.4 Å². The van der Waals surface area contributed by atoms with Crippen LogP contribution in [0.4, 0.5) is 0 Å². The molecule has 76 valence electrons. The fourth-order valence-corrected chi connectivity index (χ4v) is 2.28. The normalized spacial score (nSPS) is 40.5. The SMILES string of the molecule is C[C@@H]1OC(=O)[C@H]2[C@@H]1C=CC[C@H]2C(=O)O. The molecule has 14 heavy (non-hydrogen) atoms. The number of cyclic esters (lactones) is 1. The quantitative estimate of drug-likeness (QED) is 0.498. The highest BCUT2D eigenvalue weighted by Crippen LogP contribution is 2.39. The predicted octanol–water partition coefficient (Wildman–Crippen LogP) is 0.825. The molecule has 0 radical (unpaired) electrons. The Hall–Kier alpha value is -1.32. The molecule has 1 saturated heterocycles. The standard InChI is InChI=1S/C10H12O4/c1-5-6-3-2-4-7(9(11)12)8(6)10(13)14-5/h2-3,5-8H,4H2,1H3,(H,11,12)/t5-,6+,7+,8-/m0/s1. The molecular weight excluding hydrogens is 184 g/mol. The summed E-state index contributed by atoms with van der Waals surface area (Å²) in [5, 5.41) is 8.95.